The number of hydrogen-bond donors (Lipinski definition) is 1. The molecule has 0 aliphatic carbocycles. The van der Waals surface area contributed by atoms with Crippen LogP contribution in [-0.2, 0) is 13.0 Å². The fourth-order valence-corrected chi connectivity index (χ4v) is 2.28. The van der Waals surface area contributed by atoms with Crippen LogP contribution in [0.25, 0.3) is 5.65 Å². The van der Waals surface area contributed by atoms with Crippen molar-refractivity contribution in [1.82, 2.24) is 19.6 Å². The molecular formula is C16H19N5O. The number of ether oxygens (including phenoxy) is 1. The van der Waals surface area contributed by atoms with E-state index in [9.17, 15) is 0 Å². The van der Waals surface area contributed by atoms with Crippen LogP contribution in [0.5, 0.6) is 5.88 Å². The number of anilines is 1. The molecule has 3 rings (SSSR count). The number of rotatable bonds is 6. The maximum Gasteiger partial charge on any atom is 0.218 e. The molecule has 0 atom stereocenters. The van der Waals surface area contributed by atoms with Crippen LogP contribution in [0.15, 0.2) is 36.7 Å². The molecule has 0 aliphatic heterocycles. The van der Waals surface area contributed by atoms with Gasteiger partial charge >= 0.3 is 0 Å². The molecule has 114 valence electrons. The van der Waals surface area contributed by atoms with E-state index >= 15 is 0 Å². The minimum atomic E-state index is 0.600. The van der Waals surface area contributed by atoms with Crippen molar-refractivity contribution in [1.29, 1.82) is 0 Å². The smallest absolute Gasteiger partial charge is 0.218 e. The van der Waals surface area contributed by atoms with E-state index < -0.39 is 0 Å². The van der Waals surface area contributed by atoms with Gasteiger partial charge in [-0.25, -0.2) is 9.97 Å². The van der Waals surface area contributed by atoms with Crippen molar-refractivity contribution in [2.75, 3.05) is 11.9 Å². The van der Waals surface area contributed by atoms with Crippen LogP contribution in [0.1, 0.15) is 25.1 Å². The standard InChI is InChI=1S/C16H19N5O/c1-3-13-10-15(21-14(20-13)7-9-19-21)18-11-12-6-5-8-17-16(12)22-4-2/h5-10,18H,3-4,11H2,1-2H3. The number of fused-ring (bicyclic) bond motifs is 1. The van der Waals surface area contributed by atoms with E-state index in [2.05, 4.69) is 27.3 Å². The maximum atomic E-state index is 5.56. The lowest BCUT2D eigenvalue weighted by Gasteiger charge is -2.12. The third kappa shape index (κ3) is 2.86. The van der Waals surface area contributed by atoms with Crippen LogP contribution < -0.4 is 10.1 Å². The van der Waals surface area contributed by atoms with Crippen LogP contribution >= 0.6 is 0 Å². The zero-order valence-corrected chi connectivity index (χ0v) is 12.8. The number of aryl methyl sites for hydroxylation is 1. The Kier molecular flexibility index (Phi) is 4.18. The van der Waals surface area contributed by atoms with Gasteiger partial charge < -0.3 is 10.1 Å². The number of pyridine rings is 1. The SMILES string of the molecule is CCOc1ncccc1CNc1cc(CC)nc2ccnn12. The zero-order chi connectivity index (χ0) is 15.4. The summed E-state index contributed by atoms with van der Waals surface area (Å²) in [7, 11) is 0. The van der Waals surface area contributed by atoms with E-state index in [4.69, 9.17) is 4.74 Å². The number of hydrogen-bond acceptors (Lipinski definition) is 5. The quantitative estimate of drug-likeness (QED) is 0.758. The van der Waals surface area contributed by atoms with Crippen molar-refractivity contribution in [3.63, 3.8) is 0 Å². The first kappa shape index (κ1) is 14.3. The van der Waals surface area contributed by atoms with Crippen LogP contribution in [0, 0.1) is 0 Å². The summed E-state index contributed by atoms with van der Waals surface area (Å²) in [6, 6.07) is 7.84. The Morgan fingerprint density at radius 2 is 2.14 bits per heavy atom. The van der Waals surface area contributed by atoms with Gasteiger partial charge in [-0.3, -0.25) is 0 Å². The van der Waals surface area contributed by atoms with Crippen molar-refractivity contribution in [2.24, 2.45) is 0 Å². The fourth-order valence-electron chi connectivity index (χ4n) is 2.28. The Labute approximate surface area is 129 Å². The van der Waals surface area contributed by atoms with Gasteiger partial charge in [0.15, 0.2) is 5.65 Å². The lowest BCUT2D eigenvalue weighted by atomic mass is 10.2. The van der Waals surface area contributed by atoms with Crippen molar-refractivity contribution in [3.05, 3.63) is 47.9 Å². The molecule has 1 N–H and O–H groups in total. The summed E-state index contributed by atoms with van der Waals surface area (Å²) in [5.74, 6) is 1.58. The number of nitrogens with one attached hydrogen (secondary N) is 1. The van der Waals surface area contributed by atoms with Crippen LogP contribution in [0.2, 0.25) is 0 Å². The Morgan fingerprint density at radius 3 is 2.95 bits per heavy atom. The van der Waals surface area contributed by atoms with Gasteiger partial charge in [-0.05, 0) is 19.4 Å². The highest BCUT2D eigenvalue weighted by Crippen LogP contribution is 2.18. The Bertz CT molecular complexity index is 768. The average Bonchev–Trinajstić information content (AvgIpc) is 3.02. The van der Waals surface area contributed by atoms with E-state index in [1.54, 1.807) is 16.9 Å². The van der Waals surface area contributed by atoms with Crippen LogP contribution in [-0.4, -0.2) is 26.2 Å². The summed E-state index contributed by atoms with van der Waals surface area (Å²) in [5, 5.41) is 7.71. The van der Waals surface area contributed by atoms with Gasteiger partial charge in [0.1, 0.15) is 5.82 Å². The van der Waals surface area contributed by atoms with Gasteiger partial charge in [-0.15, -0.1) is 0 Å². The molecule has 3 heterocycles. The van der Waals surface area contributed by atoms with E-state index in [0.29, 0.717) is 19.0 Å². The summed E-state index contributed by atoms with van der Waals surface area (Å²) in [5.41, 5.74) is 2.89. The molecule has 22 heavy (non-hydrogen) atoms. The van der Waals surface area contributed by atoms with E-state index in [1.165, 1.54) is 0 Å². The largest absolute Gasteiger partial charge is 0.478 e. The predicted molar refractivity (Wildman–Crippen MR) is 85.1 cm³/mol. The highest BCUT2D eigenvalue weighted by atomic mass is 16.5. The second-order valence-corrected chi connectivity index (χ2v) is 4.84. The summed E-state index contributed by atoms with van der Waals surface area (Å²) in [6.07, 6.45) is 4.37. The third-order valence-electron chi connectivity index (χ3n) is 3.37. The summed E-state index contributed by atoms with van der Waals surface area (Å²) in [6.45, 7) is 5.26. The molecular weight excluding hydrogens is 278 g/mol. The molecule has 0 amide bonds. The van der Waals surface area contributed by atoms with Crippen molar-refractivity contribution in [3.8, 4) is 5.88 Å². The summed E-state index contributed by atoms with van der Waals surface area (Å²) >= 11 is 0. The predicted octanol–water partition coefficient (Wildman–Crippen LogP) is 2.70. The summed E-state index contributed by atoms with van der Waals surface area (Å²) in [4.78, 5) is 8.81. The molecule has 0 unspecified atom stereocenters. The average molecular weight is 297 g/mol. The minimum Gasteiger partial charge on any atom is -0.478 e. The summed E-state index contributed by atoms with van der Waals surface area (Å²) < 4.78 is 7.36. The second kappa shape index (κ2) is 6.43. The molecule has 0 radical (unpaired) electrons. The normalized spacial score (nSPS) is 10.8. The molecule has 0 aliphatic rings. The van der Waals surface area contributed by atoms with Gasteiger partial charge in [0, 0.05) is 36.1 Å². The van der Waals surface area contributed by atoms with Gasteiger partial charge in [0.25, 0.3) is 0 Å². The first-order valence-electron chi connectivity index (χ1n) is 7.46. The van der Waals surface area contributed by atoms with E-state index in [0.717, 1.165) is 29.1 Å². The topological polar surface area (TPSA) is 64.3 Å². The molecule has 0 spiro atoms. The van der Waals surface area contributed by atoms with Gasteiger partial charge in [0.05, 0.1) is 12.8 Å². The molecule has 3 aromatic heterocycles. The number of aromatic nitrogens is 4. The Morgan fingerprint density at radius 1 is 1.23 bits per heavy atom. The highest BCUT2D eigenvalue weighted by Gasteiger charge is 2.08. The first-order valence-corrected chi connectivity index (χ1v) is 7.46. The monoisotopic (exact) mass is 297 g/mol. The fraction of sp³-hybridized carbons (Fsp3) is 0.312. The zero-order valence-electron chi connectivity index (χ0n) is 12.8. The molecule has 0 aromatic carbocycles. The molecule has 3 aromatic rings. The Hall–Kier alpha value is -2.63. The minimum absolute atomic E-state index is 0.600. The van der Waals surface area contributed by atoms with Gasteiger partial charge in [-0.2, -0.15) is 9.61 Å². The van der Waals surface area contributed by atoms with E-state index in [-0.39, 0.29) is 0 Å². The van der Waals surface area contributed by atoms with Crippen molar-refractivity contribution >= 4 is 11.5 Å². The third-order valence-corrected chi connectivity index (χ3v) is 3.37. The molecule has 0 bridgehead atoms. The van der Waals surface area contributed by atoms with Gasteiger partial charge in [0.2, 0.25) is 5.88 Å². The van der Waals surface area contributed by atoms with E-state index in [1.807, 2.05) is 31.2 Å². The Balaban J connectivity index is 1.86. The highest BCUT2D eigenvalue weighted by molar-refractivity contribution is 5.49. The molecule has 6 nitrogen and oxygen atoms in total. The molecule has 0 fully saturated rings. The van der Waals surface area contributed by atoms with Crippen molar-refractivity contribution < 1.29 is 4.74 Å². The van der Waals surface area contributed by atoms with Crippen molar-refractivity contribution in [2.45, 2.75) is 26.8 Å². The van der Waals surface area contributed by atoms with Gasteiger partial charge in [-0.1, -0.05) is 13.0 Å². The number of nitrogens with zero attached hydrogens (tertiary/aromatic N) is 4. The van der Waals surface area contributed by atoms with Crippen LogP contribution in [0.4, 0.5) is 5.82 Å². The molecule has 0 saturated carbocycles. The lowest BCUT2D eigenvalue weighted by molar-refractivity contribution is 0.323. The maximum absolute atomic E-state index is 5.56. The van der Waals surface area contributed by atoms with Crippen LogP contribution in [0.3, 0.4) is 0 Å². The second-order valence-electron chi connectivity index (χ2n) is 4.84. The lowest BCUT2D eigenvalue weighted by Crippen LogP contribution is -2.09. The molecule has 6 heteroatoms. The molecule has 0 saturated heterocycles. The first-order chi connectivity index (χ1) is 10.8.